The number of carbonyl (C=O) groups is 1. The van der Waals surface area contributed by atoms with E-state index in [9.17, 15) is 13.2 Å². The molecule has 0 saturated carbocycles. The highest BCUT2D eigenvalue weighted by atomic mass is 32.2. The van der Waals surface area contributed by atoms with Crippen LogP contribution in [-0.4, -0.2) is 68.5 Å². The minimum atomic E-state index is -3.53. The fourth-order valence-electron chi connectivity index (χ4n) is 3.87. The Hall–Kier alpha value is -1.48. The first-order chi connectivity index (χ1) is 12.9. The molecular formula is C19H29N3O4S. The Bertz CT molecular complexity index is 735. The molecule has 1 N–H and O–H groups in total. The van der Waals surface area contributed by atoms with E-state index in [2.05, 4.69) is 5.32 Å². The van der Waals surface area contributed by atoms with Gasteiger partial charge in [-0.15, -0.1) is 0 Å². The molecule has 27 heavy (non-hydrogen) atoms. The maximum absolute atomic E-state index is 13.0. The molecule has 2 heterocycles. The molecule has 0 spiro atoms. The second-order valence-corrected chi connectivity index (χ2v) is 9.27. The molecule has 0 bridgehead atoms. The first-order valence-electron chi connectivity index (χ1n) is 9.61. The topological polar surface area (TPSA) is 79.0 Å². The summed E-state index contributed by atoms with van der Waals surface area (Å²) in [7, 11) is -3.53. The summed E-state index contributed by atoms with van der Waals surface area (Å²) in [6.07, 6.45) is 2.83. The number of hydrogen-bond donors (Lipinski definition) is 1. The minimum Gasteiger partial charge on any atom is -0.379 e. The van der Waals surface area contributed by atoms with Crippen molar-refractivity contribution in [2.24, 2.45) is 0 Å². The number of hydrogen-bond acceptors (Lipinski definition) is 5. The molecule has 1 aromatic rings. The molecule has 0 aromatic heterocycles. The summed E-state index contributed by atoms with van der Waals surface area (Å²) in [5, 5.41) is 2.84. The Kier molecular flexibility index (Phi) is 6.52. The van der Waals surface area contributed by atoms with Crippen molar-refractivity contribution in [2.45, 2.75) is 50.1 Å². The predicted molar refractivity (Wildman–Crippen MR) is 104 cm³/mol. The lowest BCUT2D eigenvalue weighted by Gasteiger charge is -2.37. The van der Waals surface area contributed by atoms with Crippen molar-refractivity contribution in [3.63, 3.8) is 0 Å². The molecule has 2 unspecified atom stereocenters. The molecule has 1 aromatic carbocycles. The second-order valence-electron chi connectivity index (χ2n) is 7.42. The van der Waals surface area contributed by atoms with Crippen molar-refractivity contribution in [3.8, 4) is 0 Å². The van der Waals surface area contributed by atoms with E-state index in [0.29, 0.717) is 25.4 Å². The van der Waals surface area contributed by atoms with Crippen molar-refractivity contribution in [1.29, 1.82) is 0 Å². The van der Waals surface area contributed by atoms with Gasteiger partial charge in [-0.2, -0.15) is 4.31 Å². The highest BCUT2D eigenvalue weighted by Gasteiger charge is 2.35. The maximum Gasteiger partial charge on any atom is 0.243 e. The highest BCUT2D eigenvalue weighted by Crippen LogP contribution is 2.29. The molecule has 0 aliphatic carbocycles. The molecule has 2 saturated heterocycles. The molecule has 0 radical (unpaired) electrons. The average molecular weight is 396 g/mol. The van der Waals surface area contributed by atoms with E-state index in [0.717, 1.165) is 32.4 Å². The molecule has 2 fully saturated rings. The van der Waals surface area contributed by atoms with E-state index in [1.807, 2.05) is 18.7 Å². The number of amides is 1. The van der Waals surface area contributed by atoms with Crippen molar-refractivity contribution >= 4 is 21.6 Å². The summed E-state index contributed by atoms with van der Waals surface area (Å²) in [6.45, 7) is 7.03. The summed E-state index contributed by atoms with van der Waals surface area (Å²) in [5.41, 5.74) is 0.604. The summed E-state index contributed by atoms with van der Waals surface area (Å²) >= 11 is 0. The van der Waals surface area contributed by atoms with Crippen LogP contribution in [0.4, 0.5) is 5.69 Å². The van der Waals surface area contributed by atoms with Gasteiger partial charge in [-0.3, -0.25) is 9.69 Å². The Labute approximate surface area is 161 Å². The van der Waals surface area contributed by atoms with Crippen molar-refractivity contribution in [1.82, 2.24) is 9.21 Å². The average Bonchev–Trinajstić information content (AvgIpc) is 2.62. The van der Waals surface area contributed by atoms with Gasteiger partial charge in [0.25, 0.3) is 0 Å². The number of carbonyl (C=O) groups excluding carboxylic acids is 1. The van der Waals surface area contributed by atoms with Crippen molar-refractivity contribution < 1.29 is 17.9 Å². The molecule has 150 valence electrons. The van der Waals surface area contributed by atoms with Gasteiger partial charge in [-0.1, -0.05) is 6.42 Å². The zero-order chi connectivity index (χ0) is 19.4. The lowest BCUT2D eigenvalue weighted by atomic mass is 10.0. The summed E-state index contributed by atoms with van der Waals surface area (Å²) in [5.74, 6) is -0.106. The lowest BCUT2D eigenvalue weighted by Crippen LogP contribution is -2.47. The number of ether oxygens (including phenoxy) is 1. The third-order valence-electron chi connectivity index (χ3n) is 5.30. The van der Waals surface area contributed by atoms with Gasteiger partial charge in [0.05, 0.1) is 24.7 Å². The number of morpholine rings is 1. The monoisotopic (exact) mass is 395 g/mol. The van der Waals surface area contributed by atoms with Crippen LogP contribution in [0.5, 0.6) is 0 Å². The Morgan fingerprint density at radius 1 is 1.11 bits per heavy atom. The number of sulfonamides is 1. The zero-order valence-electron chi connectivity index (χ0n) is 16.1. The van der Waals surface area contributed by atoms with E-state index in [-0.39, 0.29) is 22.9 Å². The standard InChI is InChI=1S/C19H29N3O4S/c1-15-4-3-5-16(2)22(15)27(24,25)18-8-6-17(7-9-18)20-19(23)14-21-10-12-26-13-11-21/h6-9,15-16H,3-5,10-14H2,1-2H3,(H,20,23). The van der Waals surface area contributed by atoms with Crippen LogP contribution in [0.3, 0.4) is 0 Å². The molecule has 2 aliphatic rings. The van der Waals surface area contributed by atoms with Crippen LogP contribution in [0.2, 0.25) is 0 Å². The number of piperidine rings is 1. The van der Waals surface area contributed by atoms with Gasteiger partial charge in [-0.25, -0.2) is 8.42 Å². The van der Waals surface area contributed by atoms with Crippen LogP contribution >= 0.6 is 0 Å². The largest absolute Gasteiger partial charge is 0.379 e. The number of nitrogens with one attached hydrogen (secondary N) is 1. The quantitative estimate of drug-likeness (QED) is 0.824. The molecule has 2 aliphatic heterocycles. The predicted octanol–water partition coefficient (Wildman–Crippen LogP) is 1.91. The summed E-state index contributed by atoms with van der Waals surface area (Å²) < 4.78 is 33.0. The van der Waals surface area contributed by atoms with E-state index in [1.165, 1.54) is 0 Å². The van der Waals surface area contributed by atoms with Gasteiger partial charge in [-0.05, 0) is 51.0 Å². The third kappa shape index (κ3) is 4.87. The second kappa shape index (κ2) is 8.68. The molecule has 7 nitrogen and oxygen atoms in total. The Morgan fingerprint density at radius 2 is 1.70 bits per heavy atom. The highest BCUT2D eigenvalue weighted by molar-refractivity contribution is 7.89. The number of benzene rings is 1. The number of anilines is 1. The van der Waals surface area contributed by atoms with Gasteiger partial charge in [0.2, 0.25) is 15.9 Å². The van der Waals surface area contributed by atoms with Gasteiger partial charge in [0.15, 0.2) is 0 Å². The van der Waals surface area contributed by atoms with E-state index >= 15 is 0 Å². The normalized spacial score (nSPS) is 25.3. The summed E-state index contributed by atoms with van der Waals surface area (Å²) in [4.78, 5) is 14.5. The lowest BCUT2D eigenvalue weighted by molar-refractivity contribution is -0.118. The maximum atomic E-state index is 13.0. The van der Waals surface area contributed by atoms with Crippen LogP contribution in [0.15, 0.2) is 29.2 Å². The van der Waals surface area contributed by atoms with E-state index < -0.39 is 10.0 Å². The van der Waals surface area contributed by atoms with Gasteiger partial charge in [0, 0.05) is 30.9 Å². The summed E-state index contributed by atoms with van der Waals surface area (Å²) in [6, 6.07) is 6.48. The smallest absolute Gasteiger partial charge is 0.243 e. The third-order valence-corrected chi connectivity index (χ3v) is 7.44. The van der Waals surface area contributed by atoms with Crippen molar-refractivity contribution in [2.75, 3.05) is 38.2 Å². The van der Waals surface area contributed by atoms with Crippen LogP contribution in [0.1, 0.15) is 33.1 Å². The molecule has 1 amide bonds. The molecule has 2 atom stereocenters. The first kappa shape index (κ1) is 20.3. The molecule has 3 rings (SSSR count). The Balaban J connectivity index is 1.64. The fraction of sp³-hybridized carbons (Fsp3) is 0.632. The Morgan fingerprint density at radius 3 is 2.30 bits per heavy atom. The molecule has 8 heteroatoms. The van der Waals surface area contributed by atoms with Gasteiger partial charge < -0.3 is 10.1 Å². The van der Waals surface area contributed by atoms with Crippen LogP contribution < -0.4 is 5.32 Å². The number of nitrogens with zero attached hydrogens (tertiary/aromatic N) is 2. The van der Waals surface area contributed by atoms with Crippen LogP contribution in [0.25, 0.3) is 0 Å². The zero-order valence-corrected chi connectivity index (χ0v) is 16.9. The fourth-order valence-corrected chi connectivity index (χ4v) is 5.75. The first-order valence-corrected chi connectivity index (χ1v) is 11.1. The van der Waals surface area contributed by atoms with Gasteiger partial charge in [0.1, 0.15) is 0 Å². The van der Waals surface area contributed by atoms with Crippen LogP contribution in [-0.2, 0) is 19.6 Å². The van der Waals surface area contributed by atoms with Crippen LogP contribution in [0, 0.1) is 0 Å². The minimum absolute atomic E-state index is 0.00616. The van der Waals surface area contributed by atoms with E-state index in [4.69, 9.17) is 4.74 Å². The molecular weight excluding hydrogens is 366 g/mol. The van der Waals surface area contributed by atoms with E-state index in [1.54, 1.807) is 28.6 Å². The number of rotatable bonds is 5. The van der Waals surface area contributed by atoms with Gasteiger partial charge >= 0.3 is 0 Å². The SMILES string of the molecule is CC1CCCC(C)N1S(=O)(=O)c1ccc(NC(=O)CN2CCOCC2)cc1. The van der Waals surface area contributed by atoms with Crippen molar-refractivity contribution in [3.05, 3.63) is 24.3 Å².